The van der Waals surface area contributed by atoms with E-state index in [4.69, 9.17) is 9.84 Å². The number of unbranched alkanes of at least 4 members (excludes halogenated alkanes) is 6. The van der Waals surface area contributed by atoms with Crippen LogP contribution in [0.15, 0.2) is 12.2 Å². The van der Waals surface area contributed by atoms with Crippen LogP contribution in [0.1, 0.15) is 71.1 Å². The van der Waals surface area contributed by atoms with Crippen LogP contribution in [0.5, 0.6) is 0 Å². The van der Waals surface area contributed by atoms with E-state index >= 15 is 0 Å². The van der Waals surface area contributed by atoms with Crippen LogP contribution in [0.4, 0.5) is 0 Å². The SMILES string of the molecule is CCCCCC1OC1C(O)C=CCCCCCCC(=O)O. The summed E-state index contributed by atoms with van der Waals surface area (Å²) in [5, 5.41) is 18.5. The average Bonchev–Trinajstić information content (AvgIpc) is 3.21. The lowest BCUT2D eigenvalue weighted by atomic mass is 10.1. The van der Waals surface area contributed by atoms with Crippen LogP contribution < -0.4 is 0 Å². The molecule has 0 saturated carbocycles. The van der Waals surface area contributed by atoms with E-state index in [0.29, 0.717) is 0 Å². The molecule has 1 heterocycles. The van der Waals surface area contributed by atoms with Gasteiger partial charge in [-0.3, -0.25) is 4.79 Å². The monoisotopic (exact) mass is 298 g/mol. The zero-order valence-corrected chi connectivity index (χ0v) is 13.2. The van der Waals surface area contributed by atoms with Crippen molar-refractivity contribution in [2.24, 2.45) is 0 Å². The van der Waals surface area contributed by atoms with Crippen molar-refractivity contribution in [3.63, 3.8) is 0 Å². The lowest BCUT2D eigenvalue weighted by Gasteiger charge is -2.01. The maximum Gasteiger partial charge on any atom is 0.303 e. The van der Waals surface area contributed by atoms with Gasteiger partial charge in [0.15, 0.2) is 0 Å². The summed E-state index contributed by atoms with van der Waals surface area (Å²) in [6.07, 6.45) is 13.4. The highest BCUT2D eigenvalue weighted by Crippen LogP contribution is 2.30. The van der Waals surface area contributed by atoms with Gasteiger partial charge in [-0.1, -0.05) is 51.2 Å². The lowest BCUT2D eigenvalue weighted by Crippen LogP contribution is -2.13. The summed E-state index contributed by atoms with van der Waals surface area (Å²) < 4.78 is 5.50. The van der Waals surface area contributed by atoms with Crippen molar-refractivity contribution in [3.8, 4) is 0 Å². The summed E-state index contributed by atoms with van der Waals surface area (Å²) >= 11 is 0. The van der Waals surface area contributed by atoms with Crippen LogP contribution in [0.25, 0.3) is 0 Å². The van der Waals surface area contributed by atoms with E-state index in [9.17, 15) is 9.90 Å². The zero-order chi connectivity index (χ0) is 15.5. The zero-order valence-electron chi connectivity index (χ0n) is 13.2. The molecule has 0 amide bonds. The molecule has 0 aliphatic carbocycles. The van der Waals surface area contributed by atoms with Crippen molar-refractivity contribution in [2.45, 2.75) is 89.4 Å². The molecule has 1 fully saturated rings. The van der Waals surface area contributed by atoms with Gasteiger partial charge in [0.05, 0.1) is 6.10 Å². The molecule has 1 aliphatic heterocycles. The second kappa shape index (κ2) is 10.8. The van der Waals surface area contributed by atoms with Crippen molar-refractivity contribution < 1.29 is 19.7 Å². The molecule has 122 valence electrons. The van der Waals surface area contributed by atoms with Gasteiger partial charge in [0.2, 0.25) is 0 Å². The predicted octanol–water partition coefficient (Wildman–Crippen LogP) is 3.68. The van der Waals surface area contributed by atoms with Gasteiger partial charge in [0.25, 0.3) is 0 Å². The average molecular weight is 298 g/mol. The van der Waals surface area contributed by atoms with Crippen LogP contribution in [0, 0.1) is 0 Å². The number of rotatable bonds is 13. The third kappa shape index (κ3) is 8.89. The minimum absolute atomic E-state index is 0.00803. The van der Waals surface area contributed by atoms with Gasteiger partial charge in [-0.2, -0.15) is 0 Å². The molecule has 0 bridgehead atoms. The fraction of sp³-hybridized carbons (Fsp3) is 0.824. The quantitative estimate of drug-likeness (QED) is 0.309. The number of carboxylic acids is 1. The van der Waals surface area contributed by atoms with E-state index in [1.165, 1.54) is 19.3 Å². The number of aliphatic hydroxyl groups is 1. The van der Waals surface area contributed by atoms with Gasteiger partial charge in [-0.25, -0.2) is 0 Å². The highest BCUT2D eigenvalue weighted by atomic mass is 16.6. The number of allylic oxidation sites excluding steroid dienone is 1. The molecule has 1 aliphatic rings. The third-order valence-corrected chi connectivity index (χ3v) is 3.90. The van der Waals surface area contributed by atoms with Gasteiger partial charge in [0.1, 0.15) is 12.2 Å². The maximum absolute atomic E-state index is 10.3. The second-order valence-corrected chi connectivity index (χ2v) is 5.90. The Hall–Kier alpha value is -0.870. The number of carboxylic acid groups (broad SMARTS) is 1. The van der Waals surface area contributed by atoms with E-state index in [-0.39, 0.29) is 18.6 Å². The summed E-state index contributed by atoms with van der Waals surface area (Å²) in [5.41, 5.74) is 0. The first-order valence-corrected chi connectivity index (χ1v) is 8.37. The number of hydrogen-bond acceptors (Lipinski definition) is 3. The Kier molecular flexibility index (Phi) is 9.35. The summed E-state index contributed by atoms with van der Waals surface area (Å²) in [4.78, 5) is 10.3. The number of aliphatic hydroxyl groups excluding tert-OH is 1. The molecular weight excluding hydrogens is 268 g/mol. The number of epoxide rings is 1. The molecule has 0 spiro atoms. The van der Waals surface area contributed by atoms with Crippen LogP contribution >= 0.6 is 0 Å². The van der Waals surface area contributed by atoms with E-state index < -0.39 is 12.1 Å². The Labute approximate surface area is 128 Å². The first-order chi connectivity index (χ1) is 10.1. The maximum atomic E-state index is 10.3. The van der Waals surface area contributed by atoms with Crippen molar-refractivity contribution in [1.82, 2.24) is 0 Å². The van der Waals surface area contributed by atoms with Crippen LogP contribution in [0.3, 0.4) is 0 Å². The highest BCUT2D eigenvalue weighted by molar-refractivity contribution is 5.66. The number of ether oxygens (including phenoxy) is 1. The second-order valence-electron chi connectivity index (χ2n) is 5.90. The van der Waals surface area contributed by atoms with Crippen molar-refractivity contribution in [2.75, 3.05) is 0 Å². The molecule has 0 radical (unpaired) electrons. The molecule has 1 rings (SSSR count). The Balaban J connectivity index is 1.95. The van der Waals surface area contributed by atoms with E-state index in [2.05, 4.69) is 6.92 Å². The molecule has 1 saturated heterocycles. The molecular formula is C17H30O4. The molecule has 0 aromatic carbocycles. The van der Waals surface area contributed by atoms with Crippen molar-refractivity contribution in [3.05, 3.63) is 12.2 Å². The standard InChI is InChI=1S/C17H30O4/c1-2-3-8-12-15-17(21-15)14(18)11-9-6-4-5-7-10-13-16(19)20/h9,11,14-15,17-18H,2-8,10,12-13H2,1H3,(H,19,20). The van der Waals surface area contributed by atoms with Gasteiger partial charge in [-0.15, -0.1) is 0 Å². The van der Waals surface area contributed by atoms with Crippen LogP contribution in [-0.2, 0) is 9.53 Å². The topological polar surface area (TPSA) is 70.1 Å². The van der Waals surface area contributed by atoms with Crippen LogP contribution in [0.2, 0.25) is 0 Å². The molecule has 3 unspecified atom stereocenters. The summed E-state index contributed by atoms with van der Waals surface area (Å²) in [6, 6.07) is 0. The highest BCUT2D eigenvalue weighted by Gasteiger charge is 2.42. The fourth-order valence-corrected chi connectivity index (χ4v) is 2.52. The van der Waals surface area contributed by atoms with Crippen LogP contribution in [-0.4, -0.2) is 34.5 Å². The Morgan fingerprint density at radius 1 is 1.19 bits per heavy atom. The summed E-state index contributed by atoms with van der Waals surface area (Å²) in [6.45, 7) is 2.19. The number of aliphatic carboxylic acids is 1. The number of hydrogen-bond donors (Lipinski definition) is 2. The Bertz CT molecular complexity index is 314. The van der Waals surface area contributed by atoms with Crippen molar-refractivity contribution in [1.29, 1.82) is 0 Å². The molecule has 3 atom stereocenters. The lowest BCUT2D eigenvalue weighted by molar-refractivity contribution is -0.137. The molecule has 21 heavy (non-hydrogen) atoms. The minimum Gasteiger partial charge on any atom is -0.481 e. The van der Waals surface area contributed by atoms with Crippen molar-refractivity contribution >= 4 is 5.97 Å². The number of carbonyl (C=O) groups is 1. The third-order valence-electron chi connectivity index (χ3n) is 3.90. The summed E-state index contributed by atoms with van der Waals surface area (Å²) in [7, 11) is 0. The molecule has 4 nitrogen and oxygen atoms in total. The van der Waals surface area contributed by atoms with E-state index in [1.54, 1.807) is 0 Å². The largest absolute Gasteiger partial charge is 0.481 e. The first kappa shape index (κ1) is 18.2. The first-order valence-electron chi connectivity index (χ1n) is 8.37. The summed E-state index contributed by atoms with van der Waals surface area (Å²) in [5.74, 6) is -0.712. The smallest absolute Gasteiger partial charge is 0.303 e. The Morgan fingerprint density at radius 2 is 1.95 bits per heavy atom. The molecule has 0 aromatic rings. The normalized spacial score (nSPS) is 22.6. The van der Waals surface area contributed by atoms with Gasteiger partial charge >= 0.3 is 5.97 Å². The molecule has 2 N–H and O–H groups in total. The van der Waals surface area contributed by atoms with E-state index in [0.717, 1.165) is 38.5 Å². The van der Waals surface area contributed by atoms with Gasteiger partial charge in [-0.05, 0) is 25.7 Å². The van der Waals surface area contributed by atoms with Gasteiger partial charge < -0.3 is 14.9 Å². The van der Waals surface area contributed by atoms with Gasteiger partial charge in [0, 0.05) is 6.42 Å². The molecule has 4 heteroatoms. The fourth-order valence-electron chi connectivity index (χ4n) is 2.52. The molecule has 0 aromatic heterocycles. The Morgan fingerprint density at radius 3 is 2.67 bits per heavy atom. The van der Waals surface area contributed by atoms with E-state index in [1.807, 2.05) is 12.2 Å². The minimum atomic E-state index is -0.712. The predicted molar refractivity (Wildman–Crippen MR) is 83.3 cm³/mol.